The van der Waals surface area contributed by atoms with Crippen molar-refractivity contribution in [3.63, 3.8) is 0 Å². The molecule has 0 fully saturated rings. The van der Waals surface area contributed by atoms with Crippen LogP contribution in [-0.2, 0) is 11.3 Å². The number of aryl methyl sites for hydroxylation is 1. The summed E-state index contributed by atoms with van der Waals surface area (Å²) < 4.78 is 4.97. The zero-order valence-electron chi connectivity index (χ0n) is 11.0. The molecule has 0 spiro atoms. The van der Waals surface area contributed by atoms with Crippen molar-refractivity contribution in [3.8, 4) is 0 Å². The van der Waals surface area contributed by atoms with Crippen LogP contribution >= 0.6 is 0 Å². The maximum atomic E-state index is 4.97. The van der Waals surface area contributed by atoms with Crippen molar-refractivity contribution in [1.82, 2.24) is 15.6 Å². The van der Waals surface area contributed by atoms with E-state index in [1.54, 1.807) is 7.11 Å². The zero-order valence-corrected chi connectivity index (χ0v) is 11.0. The lowest BCUT2D eigenvalue weighted by atomic mass is 10.2. The lowest BCUT2D eigenvalue weighted by Gasteiger charge is -2.14. The number of hydrogen-bond donors (Lipinski definition) is 2. The first-order valence-corrected chi connectivity index (χ1v) is 6.07. The molecule has 0 aromatic carbocycles. The molecule has 0 aliphatic carbocycles. The van der Waals surface area contributed by atoms with Crippen molar-refractivity contribution >= 4 is 0 Å². The number of pyridine rings is 1. The van der Waals surface area contributed by atoms with Crippen molar-refractivity contribution in [2.45, 2.75) is 26.4 Å². The molecule has 1 unspecified atom stereocenters. The van der Waals surface area contributed by atoms with Gasteiger partial charge in [-0.15, -0.1) is 0 Å². The summed E-state index contributed by atoms with van der Waals surface area (Å²) in [6.07, 6.45) is 1.92. The van der Waals surface area contributed by atoms with Gasteiger partial charge in [-0.1, -0.05) is 6.07 Å². The van der Waals surface area contributed by atoms with Crippen LogP contribution in [0, 0.1) is 6.92 Å². The molecule has 4 nitrogen and oxygen atoms in total. The Labute approximate surface area is 104 Å². The zero-order chi connectivity index (χ0) is 12.5. The lowest BCUT2D eigenvalue weighted by Crippen LogP contribution is -2.37. The van der Waals surface area contributed by atoms with E-state index in [1.807, 2.05) is 19.2 Å². The number of ether oxygens (including phenoxy) is 1. The van der Waals surface area contributed by atoms with Crippen molar-refractivity contribution in [1.29, 1.82) is 0 Å². The molecular weight excluding hydrogens is 214 g/mol. The minimum Gasteiger partial charge on any atom is -0.383 e. The molecule has 1 aromatic heterocycles. The van der Waals surface area contributed by atoms with Gasteiger partial charge in [0.05, 0.1) is 6.61 Å². The van der Waals surface area contributed by atoms with Gasteiger partial charge in [0.1, 0.15) is 0 Å². The van der Waals surface area contributed by atoms with Crippen LogP contribution in [0.2, 0.25) is 0 Å². The number of methoxy groups -OCH3 is 1. The van der Waals surface area contributed by atoms with E-state index in [2.05, 4.69) is 28.6 Å². The highest BCUT2D eigenvalue weighted by molar-refractivity contribution is 5.12. The van der Waals surface area contributed by atoms with Crippen molar-refractivity contribution < 1.29 is 4.74 Å². The Balaban J connectivity index is 2.14. The molecular formula is C13H23N3O. The molecule has 0 aliphatic rings. The van der Waals surface area contributed by atoms with E-state index in [1.165, 1.54) is 5.56 Å². The molecule has 1 atom stereocenters. The van der Waals surface area contributed by atoms with Crippen LogP contribution in [-0.4, -0.2) is 37.8 Å². The third-order valence-electron chi connectivity index (χ3n) is 2.56. The van der Waals surface area contributed by atoms with Crippen molar-refractivity contribution in [3.05, 3.63) is 29.6 Å². The quantitative estimate of drug-likeness (QED) is 0.665. The van der Waals surface area contributed by atoms with E-state index in [9.17, 15) is 0 Å². The fourth-order valence-electron chi connectivity index (χ4n) is 1.46. The minimum absolute atomic E-state index is 0.438. The van der Waals surface area contributed by atoms with E-state index in [4.69, 9.17) is 4.74 Å². The number of hydrogen-bond acceptors (Lipinski definition) is 4. The normalized spacial score (nSPS) is 12.6. The third-order valence-corrected chi connectivity index (χ3v) is 2.56. The fourth-order valence-corrected chi connectivity index (χ4v) is 1.46. The second kappa shape index (κ2) is 8.17. The molecule has 1 heterocycles. The maximum Gasteiger partial charge on any atom is 0.0587 e. The molecule has 1 aromatic rings. The topological polar surface area (TPSA) is 46.2 Å². The molecule has 0 amide bonds. The summed E-state index contributed by atoms with van der Waals surface area (Å²) in [6, 6.07) is 4.59. The van der Waals surface area contributed by atoms with Gasteiger partial charge >= 0.3 is 0 Å². The van der Waals surface area contributed by atoms with Crippen LogP contribution in [0.5, 0.6) is 0 Å². The van der Waals surface area contributed by atoms with Crippen LogP contribution in [0.25, 0.3) is 0 Å². The number of nitrogens with zero attached hydrogens (tertiary/aromatic N) is 1. The minimum atomic E-state index is 0.438. The van der Waals surface area contributed by atoms with Gasteiger partial charge in [-0.3, -0.25) is 4.98 Å². The number of rotatable bonds is 8. The van der Waals surface area contributed by atoms with Gasteiger partial charge in [-0.2, -0.15) is 0 Å². The van der Waals surface area contributed by atoms with Crippen LogP contribution in [0.15, 0.2) is 18.3 Å². The summed E-state index contributed by atoms with van der Waals surface area (Å²) in [6.45, 7) is 7.63. The Morgan fingerprint density at radius 2 is 2.24 bits per heavy atom. The summed E-state index contributed by atoms with van der Waals surface area (Å²) in [5.41, 5.74) is 2.28. The molecule has 4 heteroatoms. The van der Waals surface area contributed by atoms with Gasteiger partial charge in [-0.25, -0.2) is 0 Å². The first-order valence-electron chi connectivity index (χ1n) is 6.07. The highest BCUT2D eigenvalue weighted by Gasteiger charge is 2.00. The maximum absolute atomic E-state index is 4.97. The van der Waals surface area contributed by atoms with Gasteiger partial charge < -0.3 is 15.4 Å². The van der Waals surface area contributed by atoms with Crippen LogP contribution < -0.4 is 10.6 Å². The first-order chi connectivity index (χ1) is 8.22. The Morgan fingerprint density at radius 1 is 1.41 bits per heavy atom. The monoisotopic (exact) mass is 237 g/mol. The van der Waals surface area contributed by atoms with E-state index in [0.29, 0.717) is 6.04 Å². The summed E-state index contributed by atoms with van der Waals surface area (Å²) in [5, 5.41) is 6.78. The van der Waals surface area contributed by atoms with Gasteiger partial charge in [-0.05, 0) is 25.5 Å². The lowest BCUT2D eigenvalue weighted by molar-refractivity contribution is 0.198. The second-order valence-corrected chi connectivity index (χ2v) is 4.29. The van der Waals surface area contributed by atoms with Gasteiger partial charge in [0.25, 0.3) is 0 Å². The Morgan fingerprint density at radius 3 is 2.88 bits per heavy atom. The molecule has 0 saturated heterocycles. The van der Waals surface area contributed by atoms with E-state index in [0.717, 1.165) is 31.9 Å². The first kappa shape index (κ1) is 14.1. The molecule has 0 bridgehead atoms. The summed E-state index contributed by atoms with van der Waals surface area (Å²) >= 11 is 0. The molecule has 96 valence electrons. The van der Waals surface area contributed by atoms with Crippen molar-refractivity contribution in [2.24, 2.45) is 0 Å². The Bertz CT molecular complexity index is 300. The van der Waals surface area contributed by atoms with Gasteiger partial charge in [0, 0.05) is 44.7 Å². The van der Waals surface area contributed by atoms with E-state index < -0.39 is 0 Å². The summed E-state index contributed by atoms with van der Waals surface area (Å²) in [5.74, 6) is 0. The van der Waals surface area contributed by atoms with Crippen LogP contribution in [0.3, 0.4) is 0 Å². The van der Waals surface area contributed by atoms with Crippen LogP contribution in [0.4, 0.5) is 0 Å². The Kier molecular flexibility index (Phi) is 6.77. The second-order valence-electron chi connectivity index (χ2n) is 4.29. The van der Waals surface area contributed by atoms with E-state index in [-0.39, 0.29) is 0 Å². The summed E-state index contributed by atoms with van der Waals surface area (Å²) in [7, 11) is 1.72. The van der Waals surface area contributed by atoms with Gasteiger partial charge in [0.2, 0.25) is 0 Å². The molecule has 1 rings (SSSR count). The molecule has 2 N–H and O–H groups in total. The van der Waals surface area contributed by atoms with Gasteiger partial charge in [0.15, 0.2) is 0 Å². The summed E-state index contributed by atoms with van der Waals surface area (Å²) in [4.78, 5) is 4.27. The average Bonchev–Trinajstić information content (AvgIpc) is 2.34. The Hall–Kier alpha value is -0.970. The smallest absolute Gasteiger partial charge is 0.0587 e. The van der Waals surface area contributed by atoms with Crippen LogP contribution in [0.1, 0.15) is 18.2 Å². The molecule has 0 saturated carbocycles. The third kappa shape index (κ3) is 6.36. The SMILES string of the molecule is COCCNCC(C)NCc1ccc(C)nc1. The standard InChI is InChI=1S/C13H23N3O/c1-11-4-5-13(9-15-11)10-16-12(2)8-14-6-7-17-3/h4-5,9,12,14,16H,6-8,10H2,1-3H3. The van der Waals surface area contributed by atoms with E-state index >= 15 is 0 Å². The fraction of sp³-hybridized carbons (Fsp3) is 0.615. The predicted octanol–water partition coefficient (Wildman–Crippen LogP) is 1.10. The number of aromatic nitrogens is 1. The predicted molar refractivity (Wildman–Crippen MR) is 70.0 cm³/mol. The van der Waals surface area contributed by atoms with Crippen molar-refractivity contribution in [2.75, 3.05) is 26.8 Å². The largest absolute Gasteiger partial charge is 0.383 e. The molecule has 17 heavy (non-hydrogen) atoms. The molecule has 0 radical (unpaired) electrons. The highest BCUT2D eigenvalue weighted by Crippen LogP contribution is 1.98. The average molecular weight is 237 g/mol. The number of nitrogens with one attached hydrogen (secondary N) is 2. The molecule has 0 aliphatic heterocycles. The highest BCUT2D eigenvalue weighted by atomic mass is 16.5.